The van der Waals surface area contributed by atoms with Crippen molar-refractivity contribution < 1.29 is 14.3 Å². The van der Waals surface area contributed by atoms with Crippen molar-refractivity contribution in [1.29, 1.82) is 0 Å². The van der Waals surface area contributed by atoms with Gasteiger partial charge in [0.15, 0.2) is 11.5 Å². The lowest BCUT2D eigenvalue weighted by atomic mass is 10.1. The second kappa shape index (κ2) is 9.62. The Morgan fingerprint density at radius 3 is 2.46 bits per heavy atom. The molecule has 0 atom stereocenters. The van der Waals surface area contributed by atoms with E-state index in [1.807, 2.05) is 48.5 Å². The molecule has 0 aromatic heterocycles. The van der Waals surface area contributed by atoms with E-state index in [1.165, 1.54) is 6.08 Å². The average molecular weight is 394 g/mol. The van der Waals surface area contributed by atoms with Crippen molar-refractivity contribution in [2.45, 2.75) is 6.61 Å². The Balaban J connectivity index is 1.74. The van der Waals surface area contributed by atoms with Gasteiger partial charge in [-0.15, -0.1) is 0 Å². The number of methoxy groups -OCH3 is 1. The van der Waals surface area contributed by atoms with E-state index in [9.17, 15) is 4.79 Å². The van der Waals surface area contributed by atoms with Crippen LogP contribution in [0.3, 0.4) is 0 Å². The van der Waals surface area contributed by atoms with Gasteiger partial charge >= 0.3 is 0 Å². The van der Waals surface area contributed by atoms with Gasteiger partial charge < -0.3 is 14.8 Å². The molecule has 1 amide bonds. The molecule has 0 radical (unpaired) electrons. The summed E-state index contributed by atoms with van der Waals surface area (Å²) in [6.07, 6.45) is 3.16. The van der Waals surface area contributed by atoms with Crippen molar-refractivity contribution in [3.8, 4) is 11.5 Å². The summed E-state index contributed by atoms with van der Waals surface area (Å²) >= 11 is 5.86. The van der Waals surface area contributed by atoms with Crippen LogP contribution < -0.4 is 14.8 Å². The third-order valence-electron chi connectivity index (χ3n) is 3.98. The topological polar surface area (TPSA) is 47.6 Å². The highest BCUT2D eigenvalue weighted by molar-refractivity contribution is 6.30. The maximum atomic E-state index is 12.2. The lowest BCUT2D eigenvalue weighted by Gasteiger charge is -2.13. The predicted octanol–water partition coefficient (Wildman–Crippen LogP) is 5.58. The fourth-order valence-electron chi connectivity index (χ4n) is 2.59. The molecule has 0 saturated carbocycles. The molecule has 4 nitrogen and oxygen atoms in total. The van der Waals surface area contributed by atoms with Crippen molar-refractivity contribution in [2.24, 2.45) is 0 Å². The third-order valence-corrected chi connectivity index (χ3v) is 4.23. The molecular weight excluding hydrogens is 374 g/mol. The number of carbonyl (C=O) groups excluding carboxylic acids is 1. The molecule has 0 bridgehead atoms. The van der Waals surface area contributed by atoms with Crippen molar-refractivity contribution in [3.63, 3.8) is 0 Å². The van der Waals surface area contributed by atoms with Crippen LogP contribution >= 0.6 is 11.6 Å². The maximum Gasteiger partial charge on any atom is 0.248 e. The summed E-state index contributed by atoms with van der Waals surface area (Å²) in [7, 11) is 1.59. The summed E-state index contributed by atoms with van der Waals surface area (Å²) in [5, 5.41) is 3.40. The first-order valence-electron chi connectivity index (χ1n) is 8.74. The van der Waals surface area contributed by atoms with Crippen LogP contribution in [0.25, 0.3) is 6.08 Å². The highest BCUT2D eigenvalue weighted by atomic mass is 35.5. The minimum atomic E-state index is -0.251. The summed E-state index contributed by atoms with van der Waals surface area (Å²) in [5.74, 6) is 0.944. The Hall–Kier alpha value is -3.24. The first kappa shape index (κ1) is 19.5. The minimum absolute atomic E-state index is 0.251. The Bertz CT molecular complexity index is 953. The Labute approximate surface area is 169 Å². The van der Waals surface area contributed by atoms with Crippen LogP contribution in [-0.2, 0) is 11.4 Å². The third kappa shape index (κ3) is 5.38. The zero-order valence-electron chi connectivity index (χ0n) is 15.4. The van der Waals surface area contributed by atoms with Crippen molar-refractivity contribution in [3.05, 3.63) is 95.0 Å². The van der Waals surface area contributed by atoms with Gasteiger partial charge in [0, 0.05) is 22.3 Å². The van der Waals surface area contributed by atoms with Gasteiger partial charge in [0.2, 0.25) is 5.91 Å². The Morgan fingerprint density at radius 2 is 1.75 bits per heavy atom. The number of hydrogen-bond acceptors (Lipinski definition) is 3. The molecule has 0 saturated heterocycles. The molecular formula is C23H20ClNO3. The fraction of sp³-hybridized carbons (Fsp3) is 0.0870. The Kier molecular flexibility index (Phi) is 6.71. The number of hydrogen-bond donors (Lipinski definition) is 1. The molecule has 3 aromatic carbocycles. The molecule has 0 spiro atoms. The van der Waals surface area contributed by atoms with Crippen LogP contribution in [-0.4, -0.2) is 13.0 Å². The summed E-state index contributed by atoms with van der Waals surface area (Å²) in [5.41, 5.74) is 2.47. The monoisotopic (exact) mass is 393 g/mol. The summed E-state index contributed by atoms with van der Waals surface area (Å²) in [6, 6.07) is 22.3. The summed E-state index contributed by atoms with van der Waals surface area (Å²) in [4.78, 5) is 12.2. The van der Waals surface area contributed by atoms with Crippen LogP contribution in [0.1, 0.15) is 11.1 Å². The van der Waals surface area contributed by atoms with E-state index in [1.54, 1.807) is 37.5 Å². The van der Waals surface area contributed by atoms with Crippen molar-refractivity contribution >= 4 is 29.3 Å². The number of nitrogens with one attached hydrogen (secondary N) is 1. The second-order valence-electron chi connectivity index (χ2n) is 5.98. The molecule has 142 valence electrons. The second-order valence-corrected chi connectivity index (χ2v) is 6.42. The quantitative estimate of drug-likeness (QED) is 0.533. The fourth-order valence-corrected chi connectivity index (χ4v) is 2.72. The number of anilines is 1. The van der Waals surface area contributed by atoms with Crippen LogP contribution in [0.15, 0.2) is 78.9 Å². The van der Waals surface area contributed by atoms with Gasteiger partial charge in [0.1, 0.15) is 6.61 Å². The zero-order valence-corrected chi connectivity index (χ0v) is 16.1. The number of para-hydroxylation sites is 1. The molecule has 0 fully saturated rings. The van der Waals surface area contributed by atoms with Gasteiger partial charge in [-0.2, -0.15) is 0 Å². The molecule has 0 aliphatic rings. The van der Waals surface area contributed by atoms with Crippen LogP contribution in [0, 0.1) is 0 Å². The van der Waals surface area contributed by atoms with Crippen LogP contribution in [0.4, 0.5) is 5.69 Å². The van der Waals surface area contributed by atoms with E-state index in [2.05, 4.69) is 5.32 Å². The number of rotatable bonds is 7. The molecule has 5 heteroatoms. The summed E-state index contributed by atoms with van der Waals surface area (Å²) < 4.78 is 11.4. The largest absolute Gasteiger partial charge is 0.493 e. The SMILES string of the molecule is COc1cccc(/C=C/C(=O)Nc2ccc(Cl)cc2)c1OCc1ccccc1. The molecule has 0 unspecified atom stereocenters. The van der Waals surface area contributed by atoms with Gasteiger partial charge in [-0.1, -0.05) is 54.1 Å². The molecule has 0 aliphatic carbocycles. The molecule has 28 heavy (non-hydrogen) atoms. The lowest BCUT2D eigenvalue weighted by Crippen LogP contribution is -2.07. The van der Waals surface area contributed by atoms with E-state index >= 15 is 0 Å². The average Bonchev–Trinajstić information content (AvgIpc) is 2.73. The predicted molar refractivity (Wildman–Crippen MR) is 113 cm³/mol. The van der Waals surface area contributed by atoms with Gasteiger partial charge in [0.25, 0.3) is 0 Å². The van der Waals surface area contributed by atoms with Crippen molar-refractivity contribution in [2.75, 3.05) is 12.4 Å². The standard InChI is InChI=1S/C23H20ClNO3/c1-27-21-9-5-8-18(23(21)28-16-17-6-3-2-4-7-17)10-15-22(26)25-20-13-11-19(24)12-14-20/h2-15H,16H2,1H3,(H,25,26)/b15-10+. The van der Waals surface area contributed by atoms with E-state index in [0.717, 1.165) is 11.1 Å². The van der Waals surface area contributed by atoms with E-state index in [0.29, 0.717) is 28.8 Å². The molecule has 0 heterocycles. The zero-order chi connectivity index (χ0) is 19.8. The Morgan fingerprint density at radius 1 is 1.00 bits per heavy atom. The van der Waals surface area contributed by atoms with Crippen molar-refractivity contribution in [1.82, 2.24) is 0 Å². The van der Waals surface area contributed by atoms with E-state index in [-0.39, 0.29) is 5.91 Å². The number of benzene rings is 3. The van der Waals surface area contributed by atoms with E-state index < -0.39 is 0 Å². The normalized spacial score (nSPS) is 10.6. The van der Waals surface area contributed by atoms with Gasteiger partial charge in [-0.3, -0.25) is 4.79 Å². The van der Waals surface area contributed by atoms with Gasteiger partial charge in [-0.25, -0.2) is 0 Å². The lowest BCUT2D eigenvalue weighted by molar-refractivity contribution is -0.111. The van der Waals surface area contributed by atoms with Gasteiger partial charge in [0.05, 0.1) is 7.11 Å². The first-order valence-corrected chi connectivity index (χ1v) is 9.12. The molecule has 1 N–H and O–H groups in total. The number of ether oxygens (including phenoxy) is 2. The van der Waals surface area contributed by atoms with E-state index in [4.69, 9.17) is 21.1 Å². The smallest absolute Gasteiger partial charge is 0.248 e. The number of carbonyl (C=O) groups is 1. The highest BCUT2D eigenvalue weighted by Crippen LogP contribution is 2.32. The van der Waals surface area contributed by atoms with Crippen LogP contribution in [0.5, 0.6) is 11.5 Å². The summed E-state index contributed by atoms with van der Waals surface area (Å²) in [6.45, 7) is 0.402. The first-order chi connectivity index (χ1) is 13.7. The minimum Gasteiger partial charge on any atom is -0.493 e. The number of halogens is 1. The molecule has 3 aromatic rings. The maximum absolute atomic E-state index is 12.2. The molecule has 0 aliphatic heterocycles. The van der Waals surface area contributed by atoms with Crippen LogP contribution in [0.2, 0.25) is 5.02 Å². The highest BCUT2D eigenvalue weighted by Gasteiger charge is 2.09. The number of amides is 1. The molecule has 3 rings (SSSR count). The van der Waals surface area contributed by atoms with Gasteiger partial charge in [-0.05, 0) is 42.0 Å².